The fourth-order valence-electron chi connectivity index (χ4n) is 3.27. The minimum absolute atomic E-state index is 0.0839. The van der Waals surface area contributed by atoms with E-state index < -0.39 is 11.7 Å². The molecule has 0 radical (unpaired) electrons. The van der Waals surface area contributed by atoms with E-state index in [0.717, 1.165) is 17.4 Å². The normalized spacial score (nSPS) is 10.4. The van der Waals surface area contributed by atoms with E-state index in [1.807, 2.05) is 24.3 Å². The summed E-state index contributed by atoms with van der Waals surface area (Å²) in [6.45, 7) is 6.48. The third-order valence-electron chi connectivity index (χ3n) is 5.37. The van der Waals surface area contributed by atoms with Crippen LogP contribution in [-0.2, 0) is 11.2 Å². The van der Waals surface area contributed by atoms with Crippen molar-refractivity contribution >= 4 is 46.6 Å². The van der Waals surface area contributed by atoms with Gasteiger partial charge in [-0.25, -0.2) is 9.37 Å². The first-order valence-corrected chi connectivity index (χ1v) is 11.8. The number of nitrogens with zero attached hydrogens (tertiary/aromatic N) is 3. The van der Waals surface area contributed by atoms with Crippen molar-refractivity contribution in [3.05, 3.63) is 83.3 Å². The summed E-state index contributed by atoms with van der Waals surface area (Å²) < 4.78 is 14.2. The maximum absolute atomic E-state index is 14.2. The number of benzene rings is 2. The smallest absolute Gasteiger partial charge is 0.251 e. The molecule has 1 aromatic heterocycles. The van der Waals surface area contributed by atoms with Crippen LogP contribution in [0.15, 0.2) is 61.3 Å². The van der Waals surface area contributed by atoms with Crippen molar-refractivity contribution in [3.63, 3.8) is 0 Å². The summed E-state index contributed by atoms with van der Waals surface area (Å²) in [5, 5.41) is 9.34. The Labute approximate surface area is 214 Å². The first-order chi connectivity index (χ1) is 17.3. The Hall–Kier alpha value is -3.98. The van der Waals surface area contributed by atoms with Gasteiger partial charge in [-0.3, -0.25) is 9.59 Å². The van der Waals surface area contributed by atoms with Crippen LogP contribution in [0.1, 0.15) is 29.3 Å². The van der Waals surface area contributed by atoms with Gasteiger partial charge in [0.25, 0.3) is 5.91 Å². The number of likely N-dealkylation sites (N-methyl/N-ethyl adjacent to an activating group) is 1. The molecule has 0 atom stereocenters. The van der Waals surface area contributed by atoms with Gasteiger partial charge in [-0.05, 0) is 54.8 Å². The zero-order valence-corrected chi connectivity index (χ0v) is 20.9. The van der Waals surface area contributed by atoms with E-state index >= 15 is 0 Å². The van der Waals surface area contributed by atoms with Crippen LogP contribution >= 0.6 is 11.6 Å². The average Bonchev–Trinajstić information content (AvgIpc) is 2.90. The molecule has 0 aliphatic carbocycles. The van der Waals surface area contributed by atoms with Crippen molar-refractivity contribution in [1.82, 2.24) is 15.3 Å². The van der Waals surface area contributed by atoms with Crippen molar-refractivity contribution in [2.75, 3.05) is 35.7 Å². The molecule has 0 aliphatic rings. The van der Waals surface area contributed by atoms with Crippen LogP contribution in [0.3, 0.4) is 0 Å². The van der Waals surface area contributed by atoms with Gasteiger partial charge in [0.2, 0.25) is 11.9 Å². The monoisotopic (exact) mass is 510 g/mol. The van der Waals surface area contributed by atoms with Crippen molar-refractivity contribution in [2.24, 2.45) is 0 Å². The summed E-state index contributed by atoms with van der Waals surface area (Å²) in [6, 6.07) is 11.8. The average molecular weight is 511 g/mol. The molecule has 0 saturated carbocycles. The van der Waals surface area contributed by atoms with E-state index in [1.165, 1.54) is 37.0 Å². The number of nitrogens with one attached hydrogen (secondary N) is 3. The van der Waals surface area contributed by atoms with Gasteiger partial charge in [-0.15, -0.1) is 0 Å². The molecule has 0 saturated heterocycles. The third kappa shape index (κ3) is 7.02. The Morgan fingerprint density at radius 1 is 1.17 bits per heavy atom. The van der Waals surface area contributed by atoms with E-state index in [1.54, 1.807) is 0 Å². The molecular weight excluding hydrogens is 483 g/mol. The maximum atomic E-state index is 14.2. The molecule has 3 N–H and O–H groups in total. The minimum Gasteiger partial charge on any atom is -0.369 e. The molecule has 0 unspecified atom stereocenters. The predicted molar refractivity (Wildman–Crippen MR) is 142 cm³/mol. The zero-order chi connectivity index (χ0) is 26.1. The van der Waals surface area contributed by atoms with E-state index in [0.29, 0.717) is 41.6 Å². The van der Waals surface area contributed by atoms with Gasteiger partial charge in [-0.2, -0.15) is 4.98 Å². The molecule has 0 bridgehead atoms. The number of carbonyl (C=O) groups is 2. The Morgan fingerprint density at radius 2 is 1.92 bits per heavy atom. The fraction of sp³-hybridized carbons (Fsp3) is 0.231. The van der Waals surface area contributed by atoms with Gasteiger partial charge >= 0.3 is 0 Å². The fourth-order valence-corrected chi connectivity index (χ4v) is 3.43. The molecule has 1 heterocycles. The first-order valence-electron chi connectivity index (χ1n) is 11.4. The highest BCUT2D eigenvalue weighted by Crippen LogP contribution is 2.26. The number of aromatic nitrogens is 2. The van der Waals surface area contributed by atoms with E-state index in [2.05, 4.69) is 39.4 Å². The largest absolute Gasteiger partial charge is 0.369 e. The molecule has 188 valence electrons. The van der Waals surface area contributed by atoms with Gasteiger partial charge < -0.3 is 20.9 Å². The molecule has 2 amide bonds. The van der Waals surface area contributed by atoms with Crippen LogP contribution in [0.4, 0.5) is 27.5 Å². The van der Waals surface area contributed by atoms with E-state index in [4.69, 9.17) is 11.6 Å². The maximum Gasteiger partial charge on any atom is 0.251 e. The molecule has 0 fully saturated rings. The van der Waals surface area contributed by atoms with E-state index in [-0.39, 0.29) is 17.5 Å². The standard InChI is InChI=1S/C26H28ClFN6O2/c1-4-17-7-9-18(10-8-17)25(36)30-14-6-13-29-24-20(27)16-31-26(33-24)32-19-11-12-21(28)22(15-19)34(3)23(35)5-2/h5,7-12,15-16H,2,4,6,13-14H2,1,3H3,(H,30,36)(H2,29,31,32,33). The van der Waals surface area contributed by atoms with Crippen molar-refractivity contribution in [3.8, 4) is 0 Å². The van der Waals surface area contributed by atoms with Gasteiger partial charge in [-0.1, -0.05) is 37.2 Å². The Morgan fingerprint density at radius 3 is 2.61 bits per heavy atom. The Bertz CT molecular complexity index is 1240. The second kappa shape index (κ2) is 12.6. The van der Waals surface area contributed by atoms with Crippen molar-refractivity contribution in [2.45, 2.75) is 19.8 Å². The molecule has 3 aromatic rings. The van der Waals surface area contributed by atoms with Crippen LogP contribution in [0.2, 0.25) is 5.02 Å². The lowest BCUT2D eigenvalue weighted by Crippen LogP contribution is -2.25. The lowest BCUT2D eigenvalue weighted by molar-refractivity contribution is -0.113. The SMILES string of the molecule is C=CC(=O)N(C)c1cc(Nc2ncc(Cl)c(NCCCNC(=O)c3ccc(CC)cc3)n2)ccc1F. The minimum atomic E-state index is -0.553. The molecule has 8 nitrogen and oxygen atoms in total. The quantitative estimate of drug-likeness (QED) is 0.249. The molecule has 2 aromatic carbocycles. The predicted octanol–water partition coefficient (Wildman–Crippen LogP) is 4.96. The van der Waals surface area contributed by atoms with Gasteiger partial charge in [0.1, 0.15) is 16.7 Å². The summed E-state index contributed by atoms with van der Waals surface area (Å²) >= 11 is 6.22. The number of rotatable bonds is 11. The molecule has 3 rings (SSSR count). The third-order valence-corrected chi connectivity index (χ3v) is 5.65. The lowest BCUT2D eigenvalue weighted by atomic mass is 10.1. The highest BCUT2D eigenvalue weighted by atomic mass is 35.5. The number of anilines is 4. The van der Waals surface area contributed by atoms with Crippen molar-refractivity contribution < 1.29 is 14.0 Å². The number of hydrogen-bond donors (Lipinski definition) is 3. The molecule has 10 heteroatoms. The summed E-state index contributed by atoms with van der Waals surface area (Å²) in [6.07, 6.45) is 4.12. The highest BCUT2D eigenvalue weighted by Gasteiger charge is 2.14. The van der Waals surface area contributed by atoms with Gasteiger partial charge in [0, 0.05) is 31.4 Å². The highest BCUT2D eigenvalue weighted by molar-refractivity contribution is 6.32. The first kappa shape index (κ1) is 26.6. The zero-order valence-electron chi connectivity index (χ0n) is 20.1. The van der Waals surface area contributed by atoms with Crippen LogP contribution < -0.4 is 20.9 Å². The van der Waals surface area contributed by atoms with Crippen LogP contribution in [0.25, 0.3) is 0 Å². The lowest BCUT2D eigenvalue weighted by Gasteiger charge is -2.17. The Balaban J connectivity index is 1.55. The number of halogens is 2. The molecular formula is C26H28ClFN6O2. The van der Waals surface area contributed by atoms with Crippen LogP contribution in [0.5, 0.6) is 0 Å². The number of carbonyl (C=O) groups excluding carboxylic acids is 2. The number of aryl methyl sites for hydroxylation is 1. The van der Waals surface area contributed by atoms with Crippen LogP contribution in [-0.4, -0.2) is 41.9 Å². The Kier molecular flexibility index (Phi) is 9.35. The summed E-state index contributed by atoms with van der Waals surface area (Å²) in [5.41, 5.74) is 2.37. The van der Waals surface area contributed by atoms with Crippen LogP contribution in [0, 0.1) is 5.82 Å². The molecule has 0 spiro atoms. The topological polar surface area (TPSA) is 99.3 Å². The second-order valence-corrected chi connectivity index (χ2v) is 8.28. The second-order valence-electron chi connectivity index (χ2n) is 7.87. The summed E-state index contributed by atoms with van der Waals surface area (Å²) in [5.74, 6) is -0.463. The van der Waals surface area contributed by atoms with Gasteiger partial charge in [0.15, 0.2) is 0 Å². The molecule has 36 heavy (non-hydrogen) atoms. The van der Waals surface area contributed by atoms with Gasteiger partial charge in [0.05, 0.1) is 11.9 Å². The van der Waals surface area contributed by atoms with Crippen molar-refractivity contribution in [1.29, 1.82) is 0 Å². The number of hydrogen-bond acceptors (Lipinski definition) is 6. The summed E-state index contributed by atoms with van der Waals surface area (Å²) in [7, 11) is 1.46. The summed E-state index contributed by atoms with van der Waals surface area (Å²) in [4.78, 5) is 33.8. The molecule has 0 aliphatic heterocycles. The number of amides is 2. The van der Waals surface area contributed by atoms with E-state index in [9.17, 15) is 14.0 Å².